The van der Waals surface area contributed by atoms with Gasteiger partial charge in [0.25, 0.3) is 0 Å². The van der Waals surface area contributed by atoms with Crippen LogP contribution in [0.3, 0.4) is 0 Å². The number of fused-ring (bicyclic) bond motifs is 1. The predicted molar refractivity (Wildman–Crippen MR) is 74.8 cm³/mol. The van der Waals surface area contributed by atoms with Gasteiger partial charge in [-0.3, -0.25) is 0 Å². The lowest BCUT2D eigenvalue weighted by Crippen LogP contribution is -2.11. The molecule has 5 heteroatoms. The van der Waals surface area contributed by atoms with Gasteiger partial charge >= 0.3 is 0 Å². The molecule has 0 saturated carbocycles. The maximum atomic E-state index is 6.01. The Balaban J connectivity index is 2.02. The van der Waals surface area contributed by atoms with E-state index >= 15 is 0 Å². The molecule has 0 fully saturated rings. The molecule has 0 saturated heterocycles. The predicted octanol–water partition coefficient (Wildman–Crippen LogP) is 2.54. The highest BCUT2D eigenvalue weighted by atomic mass is 35.5. The van der Waals surface area contributed by atoms with Crippen LogP contribution in [0.15, 0.2) is 24.5 Å². The van der Waals surface area contributed by atoms with Crippen LogP contribution in [0.5, 0.6) is 0 Å². The van der Waals surface area contributed by atoms with Crippen molar-refractivity contribution in [2.24, 2.45) is 0 Å². The number of pyridine rings is 1. The van der Waals surface area contributed by atoms with Crippen LogP contribution in [-0.4, -0.2) is 34.4 Å². The van der Waals surface area contributed by atoms with Crippen LogP contribution in [0.2, 0.25) is 5.15 Å². The van der Waals surface area contributed by atoms with Crippen molar-refractivity contribution in [1.29, 1.82) is 0 Å². The Morgan fingerprint density at radius 3 is 3.00 bits per heavy atom. The molecular weight excluding hydrogens is 256 g/mol. The van der Waals surface area contributed by atoms with Crippen LogP contribution < -0.4 is 0 Å². The van der Waals surface area contributed by atoms with E-state index in [-0.39, 0.29) is 0 Å². The van der Waals surface area contributed by atoms with E-state index in [9.17, 15) is 0 Å². The molecule has 0 aliphatic rings. The molecule has 0 bridgehead atoms. The first kappa shape index (κ1) is 12.7. The minimum atomic E-state index is 0.440. The Labute approximate surface area is 109 Å². The van der Waals surface area contributed by atoms with Gasteiger partial charge in [0.2, 0.25) is 0 Å². The molecule has 17 heavy (non-hydrogen) atoms. The van der Waals surface area contributed by atoms with Gasteiger partial charge < -0.3 is 9.30 Å². The number of ether oxygens (including phenoxy) is 1. The van der Waals surface area contributed by atoms with Crippen molar-refractivity contribution < 1.29 is 4.74 Å². The standard InChI is InChI=1S/C12H16ClN2OS/c1-17(2)8-7-16-9-15-6-4-10-11(15)3-5-14-12(10)13/h3-6H,7-9H2,1-2H3/q+1. The monoisotopic (exact) mass is 271 g/mol. The zero-order chi connectivity index (χ0) is 12.3. The summed E-state index contributed by atoms with van der Waals surface area (Å²) >= 11 is 6.01. The summed E-state index contributed by atoms with van der Waals surface area (Å²) in [5.74, 6) is 1.11. The molecule has 0 aromatic carbocycles. The molecule has 0 N–H and O–H groups in total. The van der Waals surface area contributed by atoms with Crippen molar-refractivity contribution in [2.75, 3.05) is 24.9 Å². The molecule has 0 spiro atoms. The van der Waals surface area contributed by atoms with Gasteiger partial charge in [0.15, 0.2) is 0 Å². The van der Waals surface area contributed by atoms with Crippen molar-refractivity contribution >= 4 is 33.4 Å². The number of halogens is 1. The van der Waals surface area contributed by atoms with Crippen LogP contribution in [0, 0.1) is 0 Å². The Bertz CT molecular complexity index is 498. The molecule has 0 amide bonds. The summed E-state index contributed by atoms with van der Waals surface area (Å²) in [6.45, 7) is 1.37. The fraction of sp³-hybridized carbons (Fsp3) is 0.417. The Morgan fingerprint density at radius 1 is 1.41 bits per heavy atom. The highest BCUT2D eigenvalue weighted by Gasteiger charge is 2.06. The van der Waals surface area contributed by atoms with Crippen molar-refractivity contribution in [3.05, 3.63) is 29.7 Å². The summed E-state index contributed by atoms with van der Waals surface area (Å²) < 4.78 is 7.69. The highest BCUT2D eigenvalue weighted by molar-refractivity contribution is 7.95. The van der Waals surface area contributed by atoms with Crippen molar-refractivity contribution in [1.82, 2.24) is 9.55 Å². The first-order valence-corrected chi connectivity index (χ1v) is 7.98. The van der Waals surface area contributed by atoms with Gasteiger partial charge in [0, 0.05) is 17.8 Å². The third kappa shape index (κ3) is 3.15. The average molecular weight is 272 g/mol. The van der Waals surface area contributed by atoms with E-state index in [1.54, 1.807) is 6.20 Å². The summed E-state index contributed by atoms with van der Waals surface area (Å²) in [6, 6.07) is 3.92. The van der Waals surface area contributed by atoms with Crippen molar-refractivity contribution in [3.63, 3.8) is 0 Å². The van der Waals surface area contributed by atoms with Crippen LogP contribution >= 0.6 is 11.6 Å². The smallest absolute Gasteiger partial charge is 0.138 e. The van der Waals surface area contributed by atoms with E-state index in [1.165, 1.54) is 0 Å². The lowest BCUT2D eigenvalue weighted by Gasteiger charge is -2.06. The molecule has 2 heterocycles. The summed E-state index contributed by atoms with van der Waals surface area (Å²) in [7, 11) is 0.440. The van der Waals surface area contributed by atoms with E-state index in [2.05, 4.69) is 17.5 Å². The summed E-state index contributed by atoms with van der Waals surface area (Å²) in [6.07, 6.45) is 8.15. The molecular formula is C12H16ClN2OS+. The number of aromatic nitrogens is 2. The minimum absolute atomic E-state index is 0.440. The summed E-state index contributed by atoms with van der Waals surface area (Å²) in [5.41, 5.74) is 1.07. The molecule has 2 aromatic rings. The second kappa shape index (κ2) is 5.76. The first-order chi connectivity index (χ1) is 8.18. The van der Waals surface area contributed by atoms with Crippen LogP contribution in [0.25, 0.3) is 10.9 Å². The third-order valence-corrected chi connectivity index (χ3v) is 3.80. The quantitative estimate of drug-likeness (QED) is 0.475. The maximum Gasteiger partial charge on any atom is 0.138 e. The number of hydrogen-bond donors (Lipinski definition) is 0. The summed E-state index contributed by atoms with van der Waals surface area (Å²) in [5, 5.41) is 1.52. The average Bonchev–Trinajstić information content (AvgIpc) is 2.69. The van der Waals surface area contributed by atoms with Gasteiger partial charge in [-0.25, -0.2) is 4.98 Å². The van der Waals surface area contributed by atoms with E-state index in [4.69, 9.17) is 16.3 Å². The number of hydrogen-bond acceptors (Lipinski definition) is 2. The first-order valence-electron chi connectivity index (χ1n) is 5.40. The normalized spacial score (nSPS) is 11.5. The van der Waals surface area contributed by atoms with E-state index in [1.807, 2.05) is 22.9 Å². The zero-order valence-corrected chi connectivity index (χ0v) is 11.6. The molecule has 3 nitrogen and oxygen atoms in total. The van der Waals surface area contributed by atoms with Gasteiger partial charge in [0.1, 0.15) is 17.6 Å². The van der Waals surface area contributed by atoms with Gasteiger partial charge in [-0.15, -0.1) is 0 Å². The SMILES string of the molecule is C[S+](C)CCOCn1ccc2c(Cl)nccc21. The number of nitrogens with zero attached hydrogens (tertiary/aromatic N) is 2. The molecule has 0 aliphatic heterocycles. The molecule has 0 radical (unpaired) electrons. The van der Waals surface area contributed by atoms with Gasteiger partial charge in [-0.2, -0.15) is 0 Å². The largest absolute Gasteiger partial charge is 0.356 e. The lowest BCUT2D eigenvalue weighted by atomic mass is 10.3. The van der Waals surface area contributed by atoms with Crippen molar-refractivity contribution in [2.45, 2.75) is 6.73 Å². The Hall–Kier alpha value is -0.710. The lowest BCUT2D eigenvalue weighted by molar-refractivity contribution is 0.0928. The Morgan fingerprint density at radius 2 is 2.24 bits per heavy atom. The van der Waals surface area contributed by atoms with Crippen LogP contribution in [0.4, 0.5) is 0 Å². The van der Waals surface area contributed by atoms with Crippen LogP contribution in [0.1, 0.15) is 0 Å². The third-order valence-electron chi connectivity index (χ3n) is 2.52. The maximum absolute atomic E-state index is 6.01. The van der Waals surface area contributed by atoms with Gasteiger partial charge in [0.05, 0.1) is 24.6 Å². The molecule has 92 valence electrons. The minimum Gasteiger partial charge on any atom is -0.356 e. The number of rotatable bonds is 5. The van der Waals surface area contributed by atoms with E-state index < -0.39 is 0 Å². The van der Waals surface area contributed by atoms with Gasteiger partial charge in [-0.05, 0) is 23.0 Å². The molecule has 0 atom stereocenters. The molecule has 2 aromatic heterocycles. The van der Waals surface area contributed by atoms with Crippen molar-refractivity contribution in [3.8, 4) is 0 Å². The second-order valence-electron chi connectivity index (χ2n) is 4.05. The fourth-order valence-corrected chi connectivity index (χ4v) is 2.26. The molecule has 0 aliphatic carbocycles. The van der Waals surface area contributed by atoms with Crippen LogP contribution in [-0.2, 0) is 22.4 Å². The highest BCUT2D eigenvalue weighted by Crippen LogP contribution is 2.21. The Kier molecular flexibility index (Phi) is 4.31. The summed E-state index contributed by atoms with van der Waals surface area (Å²) in [4.78, 5) is 4.05. The second-order valence-corrected chi connectivity index (χ2v) is 6.78. The molecule has 2 rings (SSSR count). The van der Waals surface area contributed by atoms with Gasteiger partial charge in [-0.1, -0.05) is 11.6 Å². The fourth-order valence-electron chi connectivity index (χ4n) is 1.59. The van der Waals surface area contributed by atoms with E-state index in [0.717, 1.165) is 23.3 Å². The zero-order valence-electron chi connectivity index (χ0n) is 10.0. The topological polar surface area (TPSA) is 27.1 Å². The molecule has 0 unspecified atom stereocenters. The van der Waals surface area contributed by atoms with E-state index in [0.29, 0.717) is 22.8 Å².